The van der Waals surface area contributed by atoms with E-state index in [9.17, 15) is 23.7 Å². The Bertz CT molecular complexity index is 1040. The maximum absolute atomic E-state index is 13.9. The van der Waals surface area contributed by atoms with E-state index in [4.69, 9.17) is 4.74 Å². The molecule has 0 bridgehead atoms. The molecule has 0 atom stereocenters. The van der Waals surface area contributed by atoms with Gasteiger partial charge in [-0.25, -0.2) is 8.78 Å². The minimum atomic E-state index is -0.911. The van der Waals surface area contributed by atoms with E-state index in [0.717, 1.165) is 18.4 Å². The number of nitrogens with zero attached hydrogens (tertiary/aromatic N) is 1. The second-order valence-electron chi connectivity index (χ2n) is 5.77. The van der Waals surface area contributed by atoms with Crippen LogP contribution in [0.2, 0.25) is 0 Å². The zero-order valence-electron chi connectivity index (χ0n) is 14.4. The molecule has 28 heavy (non-hydrogen) atoms. The highest BCUT2D eigenvalue weighted by molar-refractivity contribution is 5.73. The van der Waals surface area contributed by atoms with Gasteiger partial charge in [0, 0.05) is 30.3 Å². The van der Waals surface area contributed by atoms with Gasteiger partial charge in [0.15, 0.2) is 17.3 Å². The summed E-state index contributed by atoms with van der Waals surface area (Å²) in [4.78, 5) is 21.4. The fourth-order valence-electron chi connectivity index (χ4n) is 2.55. The third-order valence-corrected chi connectivity index (χ3v) is 3.88. The molecular weight excluding hydrogens is 370 g/mol. The summed E-state index contributed by atoms with van der Waals surface area (Å²) in [5.74, 6) is -1.81. The molecule has 6 nitrogen and oxygen atoms in total. The van der Waals surface area contributed by atoms with E-state index in [0.29, 0.717) is 17.3 Å². The molecule has 0 unspecified atom stereocenters. The van der Waals surface area contributed by atoms with Crippen LogP contribution in [0.4, 0.5) is 25.8 Å². The van der Waals surface area contributed by atoms with Crippen LogP contribution in [0, 0.1) is 21.7 Å². The van der Waals surface area contributed by atoms with Gasteiger partial charge < -0.3 is 14.8 Å². The maximum Gasteiger partial charge on any atom is 0.271 e. The van der Waals surface area contributed by atoms with E-state index in [1.165, 1.54) is 18.2 Å². The number of nitrogens with one attached hydrogen (secondary N) is 1. The van der Waals surface area contributed by atoms with E-state index in [1.54, 1.807) is 24.3 Å². The van der Waals surface area contributed by atoms with Gasteiger partial charge in [-0.3, -0.25) is 10.1 Å². The van der Waals surface area contributed by atoms with Gasteiger partial charge in [-0.2, -0.15) is 0 Å². The highest BCUT2D eigenvalue weighted by Gasteiger charge is 2.15. The van der Waals surface area contributed by atoms with Crippen molar-refractivity contribution in [2.45, 2.75) is 6.42 Å². The molecule has 3 aromatic carbocycles. The first-order chi connectivity index (χ1) is 13.5. The largest absolute Gasteiger partial charge is 0.452 e. The van der Waals surface area contributed by atoms with Gasteiger partial charge in [0.1, 0.15) is 12.1 Å². The van der Waals surface area contributed by atoms with Crippen molar-refractivity contribution in [3.63, 3.8) is 0 Å². The summed E-state index contributed by atoms with van der Waals surface area (Å²) in [5, 5.41) is 14.1. The molecule has 0 heterocycles. The minimum absolute atomic E-state index is 0.0945. The Morgan fingerprint density at radius 2 is 1.75 bits per heavy atom. The Kier molecular flexibility index (Phi) is 5.59. The average molecular weight is 384 g/mol. The SMILES string of the molecule is O=CCc1ccccc1Nc1cc([N+](=O)[O-])ccc1Oc1ccc(F)cc1F. The van der Waals surface area contributed by atoms with Crippen molar-refractivity contribution in [2.24, 2.45) is 0 Å². The lowest BCUT2D eigenvalue weighted by molar-refractivity contribution is -0.384. The van der Waals surface area contributed by atoms with Crippen molar-refractivity contribution in [3.8, 4) is 11.5 Å². The van der Waals surface area contributed by atoms with Crippen LogP contribution in [0.15, 0.2) is 60.7 Å². The summed E-state index contributed by atoms with van der Waals surface area (Å²) < 4.78 is 32.5. The van der Waals surface area contributed by atoms with Crippen LogP contribution in [-0.2, 0) is 11.2 Å². The van der Waals surface area contributed by atoms with Crippen molar-refractivity contribution in [3.05, 3.63) is 88.0 Å². The Morgan fingerprint density at radius 3 is 2.46 bits per heavy atom. The monoisotopic (exact) mass is 384 g/mol. The third-order valence-electron chi connectivity index (χ3n) is 3.88. The number of anilines is 2. The van der Waals surface area contributed by atoms with Crippen LogP contribution in [0.3, 0.4) is 0 Å². The van der Waals surface area contributed by atoms with Crippen molar-refractivity contribution in [1.82, 2.24) is 0 Å². The molecule has 0 aromatic heterocycles. The van der Waals surface area contributed by atoms with E-state index in [1.807, 2.05) is 0 Å². The number of hydrogen-bond donors (Lipinski definition) is 1. The fourth-order valence-corrected chi connectivity index (χ4v) is 2.55. The Labute approximate surface area is 158 Å². The number of ether oxygens (including phenoxy) is 1. The van der Waals surface area contributed by atoms with E-state index >= 15 is 0 Å². The van der Waals surface area contributed by atoms with Crippen LogP contribution in [-0.4, -0.2) is 11.2 Å². The molecule has 0 fully saturated rings. The maximum atomic E-state index is 13.9. The number of halogens is 2. The molecule has 3 rings (SSSR count). The standard InChI is InChI=1S/C20H14F2N2O4/c21-14-5-7-19(16(22)11-14)28-20-8-6-15(24(26)27)12-18(20)23-17-4-2-1-3-13(17)9-10-25/h1-8,10-12,23H,9H2. The highest BCUT2D eigenvalue weighted by atomic mass is 19.1. The van der Waals surface area contributed by atoms with Crippen LogP contribution >= 0.6 is 0 Å². The molecule has 0 spiro atoms. The first kappa shape index (κ1) is 19.0. The molecule has 8 heteroatoms. The number of nitro benzene ring substituents is 1. The molecule has 0 saturated heterocycles. The average Bonchev–Trinajstić information content (AvgIpc) is 2.66. The smallest absolute Gasteiger partial charge is 0.271 e. The highest BCUT2D eigenvalue weighted by Crippen LogP contribution is 2.36. The Morgan fingerprint density at radius 1 is 1.00 bits per heavy atom. The second-order valence-corrected chi connectivity index (χ2v) is 5.77. The lowest BCUT2D eigenvalue weighted by atomic mass is 10.1. The molecule has 142 valence electrons. The normalized spacial score (nSPS) is 10.4. The molecule has 3 aromatic rings. The van der Waals surface area contributed by atoms with Crippen molar-refractivity contribution < 1.29 is 23.2 Å². The topological polar surface area (TPSA) is 81.5 Å². The summed E-state index contributed by atoms with van der Waals surface area (Å²) in [6.45, 7) is 0. The lowest BCUT2D eigenvalue weighted by Crippen LogP contribution is -2.00. The lowest BCUT2D eigenvalue weighted by Gasteiger charge is -2.15. The Balaban J connectivity index is 2.01. The second kappa shape index (κ2) is 8.26. The Hall–Kier alpha value is -3.81. The number of carbonyl (C=O) groups excluding carboxylic acids is 1. The predicted octanol–water partition coefficient (Wildman–Crippen LogP) is 5.15. The van der Waals surface area contributed by atoms with Crippen molar-refractivity contribution in [2.75, 3.05) is 5.32 Å². The quantitative estimate of drug-likeness (QED) is 0.346. The molecule has 0 aliphatic carbocycles. The third kappa shape index (κ3) is 4.29. The van der Waals surface area contributed by atoms with E-state index in [-0.39, 0.29) is 29.3 Å². The zero-order valence-corrected chi connectivity index (χ0v) is 14.4. The van der Waals surface area contributed by atoms with Crippen LogP contribution in [0.1, 0.15) is 5.56 Å². The van der Waals surface area contributed by atoms with Gasteiger partial charge in [0.05, 0.1) is 10.6 Å². The number of nitro groups is 1. The van der Waals surface area contributed by atoms with Gasteiger partial charge in [-0.1, -0.05) is 18.2 Å². The number of hydrogen-bond acceptors (Lipinski definition) is 5. The van der Waals surface area contributed by atoms with Crippen molar-refractivity contribution in [1.29, 1.82) is 0 Å². The zero-order chi connectivity index (χ0) is 20.1. The summed E-state index contributed by atoms with van der Waals surface area (Å²) in [6, 6.07) is 13.5. The van der Waals surface area contributed by atoms with Crippen LogP contribution in [0.25, 0.3) is 0 Å². The van der Waals surface area contributed by atoms with Crippen molar-refractivity contribution >= 4 is 23.3 Å². The van der Waals surface area contributed by atoms with E-state index in [2.05, 4.69) is 5.32 Å². The summed E-state index contributed by atoms with van der Waals surface area (Å²) in [5.41, 5.74) is 1.20. The molecular formula is C20H14F2N2O4. The summed E-state index contributed by atoms with van der Waals surface area (Å²) in [6.07, 6.45) is 0.875. The number of rotatable bonds is 7. The minimum Gasteiger partial charge on any atom is -0.452 e. The molecule has 0 aliphatic rings. The molecule has 0 amide bonds. The van der Waals surface area contributed by atoms with Crippen LogP contribution in [0.5, 0.6) is 11.5 Å². The van der Waals surface area contributed by atoms with Gasteiger partial charge >= 0.3 is 0 Å². The number of benzene rings is 3. The number of non-ortho nitro benzene ring substituents is 1. The number of carbonyl (C=O) groups is 1. The number of aldehydes is 1. The first-order valence-electron chi connectivity index (χ1n) is 8.18. The predicted molar refractivity (Wildman–Crippen MR) is 99.0 cm³/mol. The molecule has 0 saturated carbocycles. The molecule has 0 radical (unpaired) electrons. The first-order valence-corrected chi connectivity index (χ1v) is 8.18. The summed E-state index contributed by atoms with van der Waals surface area (Å²) in [7, 11) is 0. The van der Waals surface area contributed by atoms with Gasteiger partial charge in [0.2, 0.25) is 0 Å². The van der Waals surface area contributed by atoms with Crippen LogP contribution < -0.4 is 10.1 Å². The number of para-hydroxylation sites is 1. The van der Waals surface area contributed by atoms with E-state index < -0.39 is 16.6 Å². The summed E-state index contributed by atoms with van der Waals surface area (Å²) >= 11 is 0. The van der Waals surface area contributed by atoms with Gasteiger partial charge in [0.25, 0.3) is 5.69 Å². The van der Waals surface area contributed by atoms with Gasteiger partial charge in [-0.05, 0) is 29.8 Å². The molecule has 1 N–H and O–H groups in total. The van der Waals surface area contributed by atoms with Gasteiger partial charge in [-0.15, -0.1) is 0 Å². The molecule has 0 aliphatic heterocycles. The fraction of sp³-hybridized carbons (Fsp3) is 0.0500.